The van der Waals surface area contributed by atoms with E-state index in [1.165, 1.54) is 6.07 Å². The zero-order valence-corrected chi connectivity index (χ0v) is 15.2. The SMILES string of the molecule is CC[C@@H](C)Nc1nc(Nc2cccc(F)c2C#N)cc(-c2ccccc2)n1. The maximum absolute atomic E-state index is 13.9. The quantitative estimate of drug-likeness (QED) is 0.638. The average Bonchev–Trinajstić information content (AvgIpc) is 2.68. The number of hydrogen-bond acceptors (Lipinski definition) is 5. The number of benzene rings is 2. The third-order valence-electron chi connectivity index (χ3n) is 4.17. The van der Waals surface area contributed by atoms with Crippen molar-refractivity contribution in [3.63, 3.8) is 0 Å². The van der Waals surface area contributed by atoms with Gasteiger partial charge < -0.3 is 10.6 Å². The van der Waals surface area contributed by atoms with Gasteiger partial charge in [-0.2, -0.15) is 10.2 Å². The molecule has 3 aromatic rings. The number of nitriles is 1. The van der Waals surface area contributed by atoms with Crippen LogP contribution in [0.2, 0.25) is 0 Å². The Balaban J connectivity index is 2.03. The summed E-state index contributed by atoms with van der Waals surface area (Å²) >= 11 is 0. The van der Waals surface area contributed by atoms with Gasteiger partial charge in [0.15, 0.2) is 0 Å². The molecule has 6 heteroatoms. The zero-order chi connectivity index (χ0) is 19.2. The predicted molar refractivity (Wildman–Crippen MR) is 105 cm³/mol. The van der Waals surface area contributed by atoms with Gasteiger partial charge in [0, 0.05) is 17.7 Å². The standard InChI is InChI=1S/C21H20FN5/c1-3-14(2)24-21-26-19(15-8-5-4-6-9-15)12-20(27-21)25-18-11-7-10-17(22)16(18)13-23/h4-12,14H,3H2,1-2H3,(H2,24,25,26,27)/t14-/m1/s1. The average molecular weight is 361 g/mol. The molecule has 0 spiro atoms. The van der Waals surface area contributed by atoms with Gasteiger partial charge in [0.2, 0.25) is 5.95 Å². The second kappa shape index (κ2) is 8.28. The molecule has 0 fully saturated rings. The Kier molecular flexibility index (Phi) is 5.62. The second-order valence-corrected chi connectivity index (χ2v) is 6.18. The van der Waals surface area contributed by atoms with E-state index in [1.54, 1.807) is 18.2 Å². The molecule has 1 atom stereocenters. The van der Waals surface area contributed by atoms with Gasteiger partial charge in [0.1, 0.15) is 23.3 Å². The van der Waals surface area contributed by atoms with E-state index < -0.39 is 5.82 Å². The molecule has 5 nitrogen and oxygen atoms in total. The summed E-state index contributed by atoms with van der Waals surface area (Å²) in [6.45, 7) is 4.12. The fourth-order valence-electron chi connectivity index (χ4n) is 2.53. The Bertz CT molecular complexity index is 966. The number of aromatic nitrogens is 2. The third kappa shape index (κ3) is 4.39. The summed E-state index contributed by atoms with van der Waals surface area (Å²) in [5.74, 6) is 0.387. The minimum Gasteiger partial charge on any atom is -0.352 e. The summed E-state index contributed by atoms with van der Waals surface area (Å²) in [6.07, 6.45) is 0.921. The van der Waals surface area contributed by atoms with Crippen molar-refractivity contribution in [1.29, 1.82) is 5.26 Å². The molecule has 0 radical (unpaired) electrons. The van der Waals surface area contributed by atoms with E-state index in [0.717, 1.165) is 17.7 Å². The molecular weight excluding hydrogens is 341 g/mol. The lowest BCUT2D eigenvalue weighted by Crippen LogP contribution is -2.16. The van der Waals surface area contributed by atoms with E-state index in [0.29, 0.717) is 17.5 Å². The molecule has 0 amide bonds. The largest absolute Gasteiger partial charge is 0.352 e. The highest BCUT2D eigenvalue weighted by Crippen LogP contribution is 2.26. The van der Waals surface area contributed by atoms with E-state index in [4.69, 9.17) is 0 Å². The first kappa shape index (κ1) is 18.3. The molecule has 0 saturated heterocycles. The van der Waals surface area contributed by atoms with Gasteiger partial charge in [-0.3, -0.25) is 0 Å². The van der Waals surface area contributed by atoms with Gasteiger partial charge >= 0.3 is 0 Å². The van der Waals surface area contributed by atoms with Crippen molar-refractivity contribution in [3.05, 3.63) is 66.0 Å². The Labute approximate surface area is 157 Å². The molecule has 1 aromatic heterocycles. The van der Waals surface area contributed by atoms with Gasteiger partial charge in [0.05, 0.1) is 11.4 Å². The van der Waals surface area contributed by atoms with E-state index in [2.05, 4.69) is 27.5 Å². The lowest BCUT2D eigenvalue weighted by molar-refractivity contribution is 0.624. The molecule has 3 rings (SSSR count). The summed E-state index contributed by atoms with van der Waals surface area (Å²) < 4.78 is 13.9. The normalized spacial score (nSPS) is 11.5. The topological polar surface area (TPSA) is 73.6 Å². The fourth-order valence-corrected chi connectivity index (χ4v) is 2.53. The van der Waals surface area contributed by atoms with Crippen LogP contribution in [-0.4, -0.2) is 16.0 Å². The molecule has 0 bridgehead atoms. The van der Waals surface area contributed by atoms with Crippen LogP contribution in [0, 0.1) is 17.1 Å². The molecule has 0 aliphatic rings. The molecule has 0 aliphatic carbocycles. The Morgan fingerprint density at radius 1 is 1.11 bits per heavy atom. The van der Waals surface area contributed by atoms with Gasteiger partial charge in [-0.25, -0.2) is 9.37 Å². The summed E-state index contributed by atoms with van der Waals surface area (Å²) in [4.78, 5) is 9.07. The van der Waals surface area contributed by atoms with Gasteiger partial charge in [-0.05, 0) is 25.5 Å². The highest BCUT2D eigenvalue weighted by molar-refractivity contribution is 5.70. The van der Waals surface area contributed by atoms with Crippen LogP contribution >= 0.6 is 0 Å². The maximum Gasteiger partial charge on any atom is 0.225 e. The molecule has 27 heavy (non-hydrogen) atoms. The number of nitrogens with zero attached hydrogens (tertiary/aromatic N) is 3. The number of anilines is 3. The maximum atomic E-state index is 13.9. The molecule has 0 unspecified atom stereocenters. The van der Waals surface area contributed by atoms with Crippen LogP contribution < -0.4 is 10.6 Å². The highest BCUT2D eigenvalue weighted by Gasteiger charge is 2.12. The van der Waals surface area contributed by atoms with Crippen LogP contribution in [0.1, 0.15) is 25.8 Å². The Morgan fingerprint density at radius 2 is 1.89 bits per heavy atom. The predicted octanol–water partition coefficient (Wildman–Crippen LogP) is 5.11. The number of nitrogens with one attached hydrogen (secondary N) is 2. The van der Waals surface area contributed by atoms with E-state index in [-0.39, 0.29) is 11.6 Å². The van der Waals surface area contributed by atoms with Crippen LogP contribution in [0.5, 0.6) is 0 Å². The number of halogens is 1. The molecule has 136 valence electrons. The van der Waals surface area contributed by atoms with Crippen molar-refractivity contribution < 1.29 is 4.39 Å². The summed E-state index contributed by atoms with van der Waals surface area (Å²) in [5.41, 5.74) is 1.99. The smallest absolute Gasteiger partial charge is 0.225 e. The van der Waals surface area contributed by atoms with Crippen molar-refractivity contribution in [2.75, 3.05) is 10.6 Å². The van der Waals surface area contributed by atoms with E-state index >= 15 is 0 Å². The number of hydrogen-bond donors (Lipinski definition) is 2. The van der Waals surface area contributed by atoms with Gasteiger partial charge in [-0.15, -0.1) is 0 Å². The molecule has 2 N–H and O–H groups in total. The first-order chi connectivity index (χ1) is 13.1. The lowest BCUT2D eigenvalue weighted by atomic mass is 10.1. The van der Waals surface area contributed by atoms with Crippen LogP contribution in [0.15, 0.2) is 54.6 Å². The molecule has 0 saturated carbocycles. The van der Waals surface area contributed by atoms with Crippen molar-refractivity contribution in [1.82, 2.24) is 9.97 Å². The monoisotopic (exact) mass is 361 g/mol. The molecule has 2 aromatic carbocycles. The first-order valence-electron chi connectivity index (χ1n) is 8.77. The van der Waals surface area contributed by atoms with E-state index in [1.807, 2.05) is 43.3 Å². The minimum absolute atomic E-state index is 0.0474. The first-order valence-corrected chi connectivity index (χ1v) is 8.77. The summed E-state index contributed by atoms with van der Waals surface area (Å²) in [7, 11) is 0. The van der Waals surface area contributed by atoms with Crippen LogP contribution in [0.25, 0.3) is 11.3 Å². The van der Waals surface area contributed by atoms with Crippen molar-refractivity contribution in [2.24, 2.45) is 0 Å². The van der Waals surface area contributed by atoms with Crippen LogP contribution in [0.3, 0.4) is 0 Å². The van der Waals surface area contributed by atoms with E-state index in [9.17, 15) is 9.65 Å². The number of rotatable bonds is 6. The van der Waals surface area contributed by atoms with Gasteiger partial charge in [0.25, 0.3) is 0 Å². The fraction of sp³-hybridized carbons (Fsp3) is 0.190. The van der Waals surface area contributed by atoms with Crippen molar-refractivity contribution in [2.45, 2.75) is 26.3 Å². The Hall–Kier alpha value is -3.46. The van der Waals surface area contributed by atoms with Crippen LogP contribution in [-0.2, 0) is 0 Å². The minimum atomic E-state index is -0.571. The third-order valence-corrected chi connectivity index (χ3v) is 4.17. The van der Waals surface area contributed by atoms with Crippen LogP contribution in [0.4, 0.5) is 21.8 Å². The zero-order valence-electron chi connectivity index (χ0n) is 15.2. The highest BCUT2D eigenvalue weighted by atomic mass is 19.1. The lowest BCUT2D eigenvalue weighted by Gasteiger charge is -2.15. The van der Waals surface area contributed by atoms with Crippen molar-refractivity contribution >= 4 is 17.5 Å². The molecular formula is C21H20FN5. The Morgan fingerprint density at radius 3 is 2.59 bits per heavy atom. The molecule has 1 heterocycles. The van der Waals surface area contributed by atoms with Crippen molar-refractivity contribution in [3.8, 4) is 17.3 Å². The van der Waals surface area contributed by atoms with Gasteiger partial charge in [-0.1, -0.05) is 43.3 Å². The molecule has 0 aliphatic heterocycles. The summed E-state index contributed by atoms with van der Waals surface area (Å²) in [5, 5.41) is 15.6. The summed E-state index contributed by atoms with van der Waals surface area (Å²) in [6, 6.07) is 18.1. The second-order valence-electron chi connectivity index (χ2n) is 6.18.